The number of esters is 1. The van der Waals surface area contributed by atoms with Crippen LogP contribution in [0.25, 0.3) is 0 Å². The van der Waals surface area contributed by atoms with Gasteiger partial charge in [-0.15, -0.1) is 0 Å². The van der Waals surface area contributed by atoms with E-state index in [9.17, 15) is 9.90 Å². The van der Waals surface area contributed by atoms with Gasteiger partial charge in [0.25, 0.3) is 0 Å². The molecule has 0 amide bonds. The van der Waals surface area contributed by atoms with Gasteiger partial charge in [0.15, 0.2) is 6.23 Å². The Balaban J connectivity index is 2.60. The summed E-state index contributed by atoms with van der Waals surface area (Å²) in [6, 6.07) is 5.55. The smallest absolute Gasteiger partial charge is 0.306 e. The molecule has 1 aromatic rings. The predicted octanol–water partition coefficient (Wildman–Crippen LogP) is 3.02. The zero-order chi connectivity index (χ0) is 17.4. The molecule has 1 aromatic carbocycles. The number of halogens is 1. The van der Waals surface area contributed by atoms with Crippen LogP contribution in [0.4, 0.5) is 0 Å². The lowest BCUT2D eigenvalue weighted by Gasteiger charge is -2.22. The fourth-order valence-electron chi connectivity index (χ4n) is 2.12. The van der Waals surface area contributed by atoms with Crippen LogP contribution in [0.1, 0.15) is 39.2 Å². The largest absolute Gasteiger partial charge is 0.472 e. The minimum atomic E-state index is -0.779. The number of hydrogen-bond acceptors (Lipinski definition) is 5. The molecule has 0 bridgehead atoms. The molecule has 2 unspecified atom stereocenters. The molecule has 0 heterocycles. The zero-order valence-electron chi connectivity index (χ0n) is 13.9. The van der Waals surface area contributed by atoms with E-state index in [1.54, 1.807) is 13.0 Å². The second kappa shape index (κ2) is 9.90. The molecule has 3 N–H and O–H groups in total. The van der Waals surface area contributed by atoms with Gasteiger partial charge in [0.05, 0.1) is 11.1 Å². The molecule has 0 aliphatic heterocycles. The van der Waals surface area contributed by atoms with E-state index < -0.39 is 12.3 Å². The molecule has 0 aliphatic rings. The highest BCUT2D eigenvalue weighted by Gasteiger charge is 2.19. The zero-order valence-corrected chi connectivity index (χ0v) is 15.5. The summed E-state index contributed by atoms with van der Waals surface area (Å²) < 4.78 is 11.3. The van der Waals surface area contributed by atoms with Gasteiger partial charge in [0.2, 0.25) is 0 Å². The maximum absolute atomic E-state index is 11.4. The van der Waals surface area contributed by atoms with Crippen LogP contribution in [-0.4, -0.2) is 30.0 Å². The number of rotatable bonds is 9. The first kappa shape index (κ1) is 19.9. The molecule has 23 heavy (non-hydrogen) atoms. The molecule has 0 saturated heterocycles. The molecule has 0 radical (unpaired) electrons. The number of benzene rings is 1. The molecule has 1 rings (SSSR count). The van der Waals surface area contributed by atoms with Crippen molar-refractivity contribution >= 4 is 21.9 Å². The summed E-state index contributed by atoms with van der Waals surface area (Å²) >= 11 is 3.44. The van der Waals surface area contributed by atoms with Crippen molar-refractivity contribution in [1.82, 2.24) is 0 Å². The molecular weight excluding hydrogens is 362 g/mol. The van der Waals surface area contributed by atoms with Crippen LogP contribution >= 0.6 is 15.9 Å². The number of ether oxygens (including phenoxy) is 2. The van der Waals surface area contributed by atoms with E-state index in [1.165, 1.54) is 0 Å². The van der Waals surface area contributed by atoms with Gasteiger partial charge in [-0.3, -0.25) is 10.5 Å². The van der Waals surface area contributed by atoms with E-state index >= 15 is 0 Å². The van der Waals surface area contributed by atoms with Gasteiger partial charge in [-0.2, -0.15) is 0 Å². The molecular formula is C17H26BrNO4. The molecule has 0 saturated carbocycles. The van der Waals surface area contributed by atoms with Crippen LogP contribution in [0.15, 0.2) is 22.7 Å². The van der Waals surface area contributed by atoms with Gasteiger partial charge in [-0.1, -0.05) is 19.9 Å². The first-order valence-corrected chi connectivity index (χ1v) is 8.67. The second-order valence-electron chi connectivity index (χ2n) is 5.85. The van der Waals surface area contributed by atoms with Crippen molar-refractivity contribution in [2.24, 2.45) is 11.7 Å². The van der Waals surface area contributed by atoms with E-state index in [2.05, 4.69) is 15.9 Å². The third-order valence-electron chi connectivity index (χ3n) is 3.27. The molecule has 0 spiro atoms. The maximum atomic E-state index is 11.4. The number of nitrogens with two attached hydrogens (primary N) is 1. The van der Waals surface area contributed by atoms with Crippen LogP contribution in [0, 0.1) is 5.92 Å². The van der Waals surface area contributed by atoms with Crippen LogP contribution in [-0.2, 0) is 16.0 Å². The SMILES string of the molecule is CCOC(=O)CCc1ccc(OC(N)C(O)CC(C)C)c(Br)c1. The number of carbonyl (C=O) groups excluding carboxylic acids is 1. The summed E-state index contributed by atoms with van der Waals surface area (Å²) in [5, 5.41) is 9.97. The van der Waals surface area contributed by atoms with E-state index in [0.29, 0.717) is 37.5 Å². The van der Waals surface area contributed by atoms with Crippen LogP contribution in [0.2, 0.25) is 0 Å². The fraction of sp³-hybridized carbons (Fsp3) is 0.588. The van der Waals surface area contributed by atoms with E-state index in [1.807, 2.05) is 26.0 Å². The Kier molecular flexibility index (Phi) is 8.58. The first-order valence-electron chi connectivity index (χ1n) is 7.87. The summed E-state index contributed by atoms with van der Waals surface area (Å²) in [4.78, 5) is 11.4. The molecule has 130 valence electrons. The third kappa shape index (κ3) is 7.33. The van der Waals surface area contributed by atoms with Crippen LogP contribution in [0.5, 0.6) is 5.75 Å². The Morgan fingerprint density at radius 2 is 2.09 bits per heavy atom. The van der Waals surface area contributed by atoms with Crippen LogP contribution < -0.4 is 10.5 Å². The lowest BCUT2D eigenvalue weighted by Crippen LogP contribution is -2.40. The molecule has 0 fully saturated rings. The Hall–Kier alpha value is -1.11. The van der Waals surface area contributed by atoms with Gasteiger partial charge in [-0.05, 0) is 59.3 Å². The van der Waals surface area contributed by atoms with Gasteiger partial charge < -0.3 is 14.6 Å². The number of carbonyl (C=O) groups is 1. The Morgan fingerprint density at radius 1 is 1.39 bits per heavy atom. The number of aliphatic hydroxyl groups excluding tert-OH is 1. The van der Waals surface area contributed by atoms with Crippen molar-refractivity contribution in [1.29, 1.82) is 0 Å². The lowest BCUT2D eigenvalue weighted by molar-refractivity contribution is -0.143. The standard InChI is InChI=1S/C17H26BrNO4/c1-4-22-16(21)8-6-12-5-7-15(13(18)10-12)23-17(19)14(20)9-11(2)3/h5,7,10-11,14,17,20H,4,6,8-9,19H2,1-3H3. The average molecular weight is 388 g/mol. The van der Waals surface area contributed by atoms with Crippen molar-refractivity contribution in [3.05, 3.63) is 28.2 Å². The average Bonchev–Trinajstić information content (AvgIpc) is 2.47. The summed E-state index contributed by atoms with van der Waals surface area (Å²) in [5.74, 6) is 0.705. The van der Waals surface area contributed by atoms with Crippen molar-refractivity contribution < 1.29 is 19.4 Å². The van der Waals surface area contributed by atoms with E-state index in [-0.39, 0.29) is 5.97 Å². The third-order valence-corrected chi connectivity index (χ3v) is 3.89. The lowest BCUT2D eigenvalue weighted by atomic mass is 10.1. The summed E-state index contributed by atoms with van der Waals surface area (Å²) in [7, 11) is 0. The molecule has 6 heteroatoms. The second-order valence-corrected chi connectivity index (χ2v) is 6.70. The predicted molar refractivity (Wildman–Crippen MR) is 93.2 cm³/mol. The Bertz CT molecular complexity index is 507. The fourth-order valence-corrected chi connectivity index (χ4v) is 2.64. The van der Waals surface area contributed by atoms with Gasteiger partial charge in [0.1, 0.15) is 11.9 Å². The number of aliphatic hydroxyl groups is 1. The quantitative estimate of drug-likeness (QED) is 0.502. The molecule has 0 aromatic heterocycles. The molecule has 2 atom stereocenters. The van der Waals surface area contributed by atoms with Crippen molar-refractivity contribution in [3.63, 3.8) is 0 Å². The van der Waals surface area contributed by atoms with Crippen LogP contribution in [0.3, 0.4) is 0 Å². The minimum absolute atomic E-state index is 0.206. The van der Waals surface area contributed by atoms with Gasteiger partial charge in [0, 0.05) is 6.42 Å². The Labute approximate surface area is 146 Å². The first-order chi connectivity index (χ1) is 10.8. The maximum Gasteiger partial charge on any atom is 0.306 e. The summed E-state index contributed by atoms with van der Waals surface area (Å²) in [6.45, 7) is 6.22. The highest BCUT2D eigenvalue weighted by molar-refractivity contribution is 9.10. The monoisotopic (exact) mass is 387 g/mol. The Morgan fingerprint density at radius 3 is 2.65 bits per heavy atom. The van der Waals surface area contributed by atoms with E-state index in [0.717, 1.165) is 10.0 Å². The summed E-state index contributed by atoms with van der Waals surface area (Å²) in [6.07, 6.45) is 0.0213. The normalized spacial score (nSPS) is 13.7. The number of aryl methyl sites for hydroxylation is 1. The topological polar surface area (TPSA) is 81.8 Å². The van der Waals surface area contributed by atoms with E-state index in [4.69, 9.17) is 15.2 Å². The van der Waals surface area contributed by atoms with Crippen molar-refractivity contribution in [2.45, 2.75) is 52.4 Å². The minimum Gasteiger partial charge on any atom is -0.472 e. The highest BCUT2D eigenvalue weighted by Crippen LogP contribution is 2.27. The van der Waals surface area contributed by atoms with Gasteiger partial charge in [-0.25, -0.2) is 0 Å². The molecule has 0 aliphatic carbocycles. The van der Waals surface area contributed by atoms with Gasteiger partial charge >= 0.3 is 5.97 Å². The van der Waals surface area contributed by atoms with Crippen molar-refractivity contribution in [3.8, 4) is 5.75 Å². The molecule has 5 nitrogen and oxygen atoms in total. The van der Waals surface area contributed by atoms with Crippen molar-refractivity contribution in [2.75, 3.05) is 6.61 Å². The number of hydrogen-bond donors (Lipinski definition) is 2. The highest BCUT2D eigenvalue weighted by atomic mass is 79.9. The summed E-state index contributed by atoms with van der Waals surface area (Å²) in [5.41, 5.74) is 6.88.